The van der Waals surface area contributed by atoms with Gasteiger partial charge in [0.25, 0.3) is 0 Å². The predicted octanol–water partition coefficient (Wildman–Crippen LogP) is 2.36. The van der Waals surface area contributed by atoms with Crippen LogP contribution in [0.4, 0.5) is 5.69 Å². The number of nitrogens with zero attached hydrogens (tertiary/aromatic N) is 1. The molecule has 0 aliphatic carbocycles. The highest BCUT2D eigenvalue weighted by Gasteiger charge is 2.36. The van der Waals surface area contributed by atoms with Crippen LogP contribution in [-0.4, -0.2) is 25.5 Å². The lowest BCUT2D eigenvalue weighted by Crippen LogP contribution is -2.32. The number of anilines is 1. The van der Waals surface area contributed by atoms with Crippen molar-refractivity contribution in [1.29, 1.82) is 0 Å². The van der Waals surface area contributed by atoms with Gasteiger partial charge >= 0.3 is 0 Å². The Kier molecular flexibility index (Phi) is 4.79. The molecule has 1 heterocycles. The third-order valence-corrected chi connectivity index (χ3v) is 4.18. The van der Waals surface area contributed by atoms with Gasteiger partial charge in [-0.1, -0.05) is 42.5 Å². The van der Waals surface area contributed by atoms with E-state index < -0.39 is 0 Å². The SMILES string of the molecule is COc1ccccc1N1C[C@H](C(=O)NCc2ccccc2)CC1=O. The van der Waals surface area contributed by atoms with Crippen LogP contribution in [0.15, 0.2) is 54.6 Å². The third kappa shape index (κ3) is 3.40. The van der Waals surface area contributed by atoms with Gasteiger partial charge in [0.15, 0.2) is 0 Å². The van der Waals surface area contributed by atoms with E-state index in [2.05, 4.69) is 5.32 Å². The van der Waals surface area contributed by atoms with Crippen molar-refractivity contribution in [2.24, 2.45) is 5.92 Å². The van der Waals surface area contributed by atoms with Gasteiger partial charge in [-0.15, -0.1) is 0 Å². The zero-order valence-electron chi connectivity index (χ0n) is 13.6. The Labute approximate surface area is 141 Å². The molecule has 1 saturated heterocycles. The summed E-state index contributed by atoms with van der Waals surface area (Å²) in [5.74, 6) is 0.145. The fraction of sp³-hybridized carbons (Fsp3) is 0.263. The first-order chi connectivity index (χ1) is 11.7. The Morgan fingerprint density at radius 1 is 1.17 bits per heavy atom. The highest BCUT2D eigenvalue weighted by Crippen LogP contribution is 2.32. The van der Waals surface area contributed by atoms with Gasteiger partial charge in [-0.3, -0.25) is 9.59 Å². The Morgan fingerprint density at radius 3 is 2.62 bits per heavy atom. The molecule has 124 valence electrons. The molecule has 0 bridgehead atoms. The minimum absolute atomic E-state index is 0.0561. The quantitative estimate of drug-likeness (QED) is 0.918. The first kappa shape index (κ1) is 16.1. The number of rotatable bonds is 5. The number of hydrogen-bond acceptors (Lipinski definition) is 3. The van der Waals surface area contributed by atoms with Crippen molar-refractivity contribution in [3.05, 3.63) is 60.2 Å². The highest BCUT2D eigenvalue weighted by molar-refractivity contribution is 6.01. The van der Waals surface area contributed by atoms with Gasteiger partial charge in [-0.05, 0) is 17.7 Å². The Bertz CT molecular complexity index is 730. The van der Waals surface area contributed by atoms with E-state index in [9.17, 15) is 9.59 Å². The monoisotopic (exact) mass is 324 g/mol. The minimum atomic E-state index is -0.342. The second kappa shape index (κ2) is 7.17. The van der Waals surface area contributed by atoms with Gasteiger partial charge < -0.3 is 15.0 Å². The van der Waals surface area contributed by atoms with Crippen LogP contribution < -0.4 is 15.0 Å². The van der Waals surface area contributed by atoms with Crippen LogP contribution in [0.3, 0.4) is 0 Å². The number of carbonyl (C=O) groups is 2. The van der Waals surface area contributed by atoms with E-state index >= 15 is 0 Å². The summed E-state index contributed by atoms with van der Waals surface area (Å²) in [6.45, 7) is 0.846. The molecule has 1 fully saturated rings. The molecule has 1 N–H and O–H groups in total. The Hall–Kier alpha value is -2.82. The number of ether oxygens (including phenoxy) is 1. The zero-order valence-corrected chi connectivity index (χ0v) is 13.6. The Morgan fingerprint density at radius 2 is 1.88 bits per heavy atom. The molecular weight excluding hydrogens is 304 g/mol. The molecule has 1 atom stereocenters. The minimum Gasteiger partial charge on any atom is -0.495 e. The lowest BCUT2D eigenvalue weighted by molar-refractivity contribution is -0.126. The summed E-state index contributed by atoms with van der Waals surface area (Å²) in [5, 5.41) is 2.91. The third-order valence-electron chi connectivity index (χ3n) is 4.18. The largest absolute Gasteiger partial charge is 0.495 e. The van der Waals surface area contributed by atoms with Crippen molar-refractivity contribution in [3.8, 4) is 5.75 Å². The van der Waals surface area contributed by atoms with E-state index in [1.165, 1.54) is 0 Å². The van der Waals surface area contributed by atoms with Crippen LogP contribution in [0.25, 0.3) is 0 Å². The smallest absolute Gasteiger partial charge is 0.227 e. The molecule has 5 nitrogen and oxygen atoms in total. The van der Waals surface area contributed by atoms with Crippen molar-refractivity contribution in [1.82, 2.24) is 5.32 Å². The number of carbonyl (C=O) groups excluding carboxylic acids is 2. The molecule has 0 spiro atoms. The zero-order chi connectivity index (χ0) is 16.9. The van der Waals surface area contributed by atoms with Crippen molar-refractivity contribution >= 4 is 17.5 Å². The number of benzene rings is 2. The lowest BCUT2D eigenvalue weighted by atomic mass is 10.1. The van der Waals surface area contributed by atoms with Crippen LogP contribution in [0.5, 0.6) is 5.75 Å². The molecule has 2 aromatic rings. The van der Waals surface area contributed by atoms with E-state index in [1.807, 2.05) is 54.6 Å². The maximum absolute atomic E-state index is 12.4. The van der Waals surface area contributed by atoms with Gasteiger partial charge in [0.1, 0.15) is 5.75 Å². The normalized spacial score (nSPS) is 17.0. The molecule has 5 heteroatoms. The van der Waals surface area contributed by atoms with E-state index in [1.54, 1.807) is 12.0 Å². The summed E-state index contributed by atoms with van der Waals surface area (Å²) in [6.07, 6.45) is 0.221. The first-order valence-corrected chi connectivity index (χ1v) is 7.94. The summed E-state index contributed by atoms with van der Waals surface area (Å²) in [6, 6.07) is 17.1. The topological polar surface area (TPSA) is 58.6 Å². The van der Waals surface area contributed by atoms with Gasteiger partial charge in [-0.2, -0.15) is 0 Å². The number of methoxy groups -OCH3 is 1. The fourth-order valence-corrected chi connectivity index (χ4v) is 2.90. The van der Waals surface area contributed by atoms with E-state index in [4.69, 9.17) is 4.74 Å². The van der Waals surface area contributed by atoms with Gasteiger partial charge in [0, 0.05) is 19.5 Å². The summed E-state index contributed by atoms with van der Waals surface area (Å²) >= 11 is 0. The first-order valence-electron chi connectivity index (χ1n) is 7.94. The van der Waals surface area contributed by atoms with Crippen LogP contribution in [0, 0.1) is 5.92 Å². The molecule has 1 aliphatic rings. The van der Waals surface area contributed by atoms with Gasteiger partial charge in [0.2, 0.25) is 11.8 Å². The number of hydrogen-bond donors (Lipinski definition) is 1. The van der Waals surface area contributed by atoms with Crippen LogP contribution >= 0.6 is 0 Å². The molecule has 0 unspecified atom stereocenters. The maximum Gasteiger partial charge on any atom is 0.227 e. The molecular formula is C19H20N2O3. The van der Waals surface area contributed by atoms with Crippen molar-refractivity contribution in [2.75, 3.05) is 18.6 Å². The Balaban J connectivity index is 1.65. The van der Waals surface area contributed by atoms with Gasteiger partial charge in [0.05, 0.1) is 18.7 Å². The summed E-state index contributed by atoms with van der Waals surface area (Å²) in [7, 11) is 1.57. The standard InChI is InChI=1S/C19H20N2O3/c1-24-17-10-6-5-9-16(17)21-13-15(11-18(21)22)19(23)20-12-14-7-3-2-4-8-14/h2-10,15H,11-13H2,1H3,(H,20,23)/t15-/m1/s1. The summed E-state index contributed by atoms with van der Waals surface area (Å²) in [4.78, 5) is 26.3. The molecule has 2 amide bonds. The molecule has 0 radical (unpaired) electrons. The van der Waals surface area contributed by atoms with Crippen molar-refractivity contribution in [3.63, 3.8) is 0 Å². The van der Waals surface area contributed by atoms with Gasteiger partial charge in [-0.25, -0.2) is 0 Å². The van der Waals surface area contributed by atoms with Crippen LogP contribution in [-0.2, 0) is 16.1 Å². The van der Waals surface area contributed by atoms with E-state index in [0.717, 1.165) is 5.56 Å². The lowest BCUT2D eigenvalue weighted by Gasteiger charge is -2.19. The number of para-hydroxylation sites is 2. The van der Waals surface area contributed by atoms with E-state index in [-0.39, 0.29) is 24.2 Å². The highest BCUT2D eigenvalue weighted by atomic mass is 16.5. The van der Waals surface area contributed by atoms with Crippen LogP contribution in [0.2, 0.25) is 0 Å². The fourth-order valence-electron chi connectivity index (χ4n) is 2.90. The second-order valence-corrected chi connectivity index (χ2v) is 5.78. The predicted molar refractivity (Wildman–Crippen MR) is 91.7 cm³/mol. The summed E-state index contributed by atoms with van der Waals surface area (Å²) in [5.41, 5.74) is 1.75. The molecule has 0 aromatic heterocycles. The average Bonchev–Trinajstić information content (AvgIpc) is 3.02. The maximum atomic E-state index is 12.4. The number of amides is 2. The molecule has 24 heavy (non-hydrogen) atoms. The molecule has 3 rings (SSSR count). The molecule has 2 aromatic carbocycles. The molecule has 1 aliphatic heterocycles. The summed E-state index contributed by atoms with van der Waals surface area (Å²) < 4.78 is 5.31. The van der Waals surface area contributed by atoms with Crippen molar-refractivity contribution < 1.29 is 14.3 Å². The average molecular weight is 324 g/mol. The van der Waals surface area contributed by atoms with E-state index in [0.29, 0.717) is 24.5 Å². The molecule has 0 saturated carbocycles. The van der Waals surface area contributed by atoms with Crippen LogP contribution in [0.1, 0.15) is 12.0 Å². The number of nitrogens with one attached hydrogen (secondary N) is 1. The van der Waals surface area contributed by atoms with Crippen molar-refractivity contribution in [2.45, 2.75) is 13.0 Å². The second-order valence-electron chi connectivity index (χ2n) is 5.78.